The van der Waals surface area contributed by atoms with Gasteiger partial charge in [-0.1, -0.05) is 6.92 Å². The molecule has 3 rings (SSSR count). The maximum absolute atomic E-state index is 5.97. The molecule has 1 atom stereocenters. The van der Waals surface area contributed by atoms with Crippen LogP contribution in [0.1, 0.15) is 44.8 Å². The van der Waals surface area contributed by atoms with Crippen molar-refractivity contribution in [3.63, 3.8) is 0 Å². The van der Waals surface area contributed by atoms with Gasteiger partial charge < -0.3 is 19.9 Å². The van der Waals surface area contributed by atoms with E-state index in [-0.39, 0.29) is 30.1 Å². The molecule has 0 aliphatic carbocycles. The highest BCUT2D eigenvalue weighted by molar-refractivity contribution is 14.0. The molecule has 7 nitrogen and oxygen atoms in total. The van der Waals surface area contributed by atoms with Gasteiger partial charge in [0.15, 0.2) is 5.96 Å². The first-order valence-corrected chi connectivity index (χ1v) is 10.5. The summed E-state index contributed by atoms with van der Waals surface area (Å²) in [6.07, 6.45) is 7.81. The Morgan fingerprint density at radius 2 is 2.11 bits per heavy atom. The normalized spacial score (nSPS) is 22.2. The molecule has 0 aromatic carbocycles. The van der Waals surface area contributed by atoms with E-state index in [1.54, 1.807) is 0 Å². The molecule has 2 aliphatic rings. The number of hydrogen-bond acceptors (Lipinski definition) is 4. The number of hydrogen-bond donors (Lipinski definition) is 1. The SMILES string of the molecule is CCNC(=NCCCN1CCC(C)CC1)N1CCOC(c2cnn(C)c2)C1.I. The van der Waals surface area contributed by atoms with E-state index >= 15 is 0 Å². The molecule has 160 valence electrons. The standard InChI is InChI=1S/C20H36N6O.HI/c1-4-21-20(22-8-5-9-25-10-6-17(2)7-11-25)26-12-13-27-19(16-26)18-14-23-24(3)15-18;/h14-15,17,19H,4-13,16H2,1-3H3,(H,21,22);1H. The highest BCUT2D eigenvalue weighted by Crippen LogP contribution is 2.21. The van der Waals surface area contributed by atoms with Crippen LogP contribution in [0.15, 0.2) is 17.4 Å². The molecule has 0 saturated carbocycles. The summed E-state index contributed by atoms with van der Waals surface area (Å²) < 4.78 is 7.80. The minimum atomic E-state index is 0. The second-order valence-corrected chi connectivity index (χ2v) is 7.87. The van der Waals surface area contributed by atoms with E-state index in [1.165, 1.54) is 25.9 Å². The first kappa shape index (κ1) is 23.4. The fourth-order valence-electron chi connectivity index (χ4n) is 3.84. The number of rotatable bonds is 6. The first-order chi connectivity index (χ1) is 13.2. The average molecular weight is 504 g/mol. The first-order valence-electron chi connectivity index (χ1n) is 10.5. The van der Waals surface area contributed by atoms with Gasteiger partial charge in [0.25, 0.3) is 0 Å². The Balaban J connectivity index is 0.00000280. The van der Waals surface area contributed by atoms with E-state index in [1.807, 2.05) is 24.1 Å². The van der Waals surface area contributed by atoms with E-state index in [0.717, 1.165) is 63.2 Å². The van der Waals surface area contributed by atoms with Gasteiger partial charge in [-0.25, -0.2) is 0 Å². The monoisotopic (exact) mass is 504 g/mol. The highest BCUT2D eigenvalue weighted by atomic mass is 127. The smallest absolute Gasteiger partial charge is 0.194 e. The van der Waals surface area contributed by atoms with Gasteiger partial charge in [0.05, 0.1) is 19.3 Å². The lowest BCUT2D eigenvalue weighted by Crippen LogP contribution is -2.48. The van der Waals surface area contributed by atoms with Crippen molar-refractivity contribution >= 4 is 29.9 Å². The van der Waals surface area contributed by atoms with Crippen molar-refractivity contribution in [3.05, 3.63) is 18.0 Å². The van der Waals surface area contributed by atoms with Crippen LogP contribution in [0, 0.1) is 5.92 Å². The van der Waals surface area contributed by atoms with Gasteiger partial charge in [-0.05, 0) is 51.7 Å². The lowest BCUT2D eigenvalue weighted by molar-refractivity contribution is -0.00804. The molecule has 8 heteroatoms. The molecule has 3 heterocycles. The number of likely N-dealkylation sites (tertiary alicyclic amines) is 1. The Hall–Kier alpha value is -0.870. The molecule has 28 heavy (non-hydrogen) atoms. The Morgan fingerprint density at radius 3 is 2.79 bits per heavy atom. The van der Waals surface area contributed by atoms with Gasteiger partial charge in [-0.15, -0.1) is 24.0 Å². The minimum absolute atomic E-state index is 0. The van der Waals surface area contributed by atoms with Gasteiger partial charge in [-0.2, -0.15) is 5.10 Å². The Labute approximate surface area is 186 Å². The van der Waals surface area contributed by atoms with Crippen LogP contribution in [0.25, 0.3) is 0 Å². The molecular weight excluding hydrogens is 467 g/mol. The number of aliphatic imine (C=N–C) groups is 1. The number of aryl methyl sites for hydroxylation is 1. The van der Waals surface area contributed by atoms with Crippen LogP contribution in [-0.4, -0.2) is 78.0 Å². The Kier molecular flexibility index (Phi) is 10.0. The molecule has 0 amide bonds. The molecular formula is C20H37IN6O. The number of aromatic nitrogens is 2. The van der Waals surface area contributed by atoms with E-state index in [0.29, 0.717) is 0 Å². The second-order valence-electron chi connectivity index (χ2n) is 7.87. The molecule has 0 bridgehead atoms. The predicted octanol–water partition coefficient (Wildman–Crippen LogP) is 2.50. The zero-order chi connectivity index (χ0) is 19.1. The molecule has 2 saturated heterocycles. The Bertz CT molecular complexity index is 599. The van der Waals surface area contributed by atoms with Gasteiger partial charge in [0, 0.05) is 38.4 Å². The van der Waals surface area contributed by atoms with Crippen LogP contribution in [0.3, 0.4) is 0 Å². The molecule has 1 aromatic rings. The van der Waals surface area contributed by atoms with Crippen molar-refractivity contribution in [2.24, 2.45) is 18.0 Å². The van der Waals surface area contributed by atoms with E-state index in [4.69, 9.17) is 9.73 Å². The number of nitrogens with one attached hydrogen (secondary N) is 1. The van der Waals surface area contributed by atoms with Gasteiger partial charge >= 0.3 is 0 Å². The summed E-state index contributed by atoms with van der Waals surface area (Å²) >= 11 is 0. The number of ether oxygens (including phenoxy) is 1. The number of halogens is 1. The maximum atomic E-state index is 5.97. The van der Waals surface area contributed by atoms with Crippen LogP contribution >= 0.6 is 24.0 Å². The van der Waals surface area contributed by atoms with Crippen molar-refractivity contribution < 1.29 is 4.74 Å². The zero-order valence-corrected chi connectivity index (χ0v) is 20.0. The molecule has 1 N–H and O–H groups in total. The summed E-state index contributed by atoms with van der Waals surface area (Å²) in [5.41, 5.74) is 1.14. The molecule has 1 unspecified atom stereocenters. The summed E-state index contributed by atoms with van der Waals surface area (Å²) in [6, 6.07) is 0. The summed E-state index contributed by atoms with van der Waals surface area (Å²) in [6.45, 7) is 12.3. The van der Waals surface area contributed by atoms with Crippen LogP contribution < -0.4 is 5.32 Å². The molecule has 1 aromatic heterocycles. The lowest BCUT2D eigenvalue weighted by atomic mass is 9.99. The summed E-state index contributed by atoms with van der Waals surface area (Å²) in [7, 11) is 1.94. The van der Waals surface area contributed by atoms with E-state index in [9.17, 15) is 0 Å². The number of piperidine rings is 1. The maximum Gasteiger partial charge on any atom is 0.194 e. The van der Waals surface area contributed by atoms with E-state index < -0.39 is 0 Å². The highest BCUT2D eigenvalue weighted by Gasteiger charge is 2.25. The molecule has 2 aliphatic heterocycles. The molecule has 0 radical (unpaired) electrons. The van der Waals surface area contributed by atoms with Crippen LogP contribution in [0.5, 0.6) is 0 Å². The predicted molar refractivity (Wildman–Crippen MR) is 124 cm³/mol. The second kappa shape index (κ2) is 12.0. The average Bonchev–Trinajstić information content (AvgIpc) is 3.12. The van der Waals surface area contributed by atoms with Gasteiger partial charge in [0.2, 0.25) is 0 Å². The summed E-state index contributed by atoms with van der Waals surface area (Å²) in [5, 5.41) is 7.74. The largest absolute Gasteiger partial charge is 0.370 e. The topological polar surface area (TPSA) is 57.9 Å². The zero-order valence-electron chi connectivity index (χ0n) is 17.6. The Morgan fingerprint density at radius 1 is 1.32 bits per heavy atom. The number of nitrogens with zero attached hydrogens (tertiary/aromatic N) is 5. The quantitative estimate of drug-likeness (QED) is 0.279. The van der Waals surface area contributed by atoms with E-state index in [2.05, 4.69) is 34.1 Å². The summed E-state index contributed by atoms with van der Waals surface area (Å²) in [5.74, 6) is 1.91. The lowest BCUT2D eigenvalue weighted by Gasteiger charge is -2.35. The van der Waals surface area contributed by atoms with Crippen LogP contribution in [-0.2, 0) is 11.8 Å². The fraction of sp³-hybridized carbons (Fsp3) is 0.800. The third-order valence-corrected chi connectivity index (χ3v) is 5.57. The van der Waals surface area contributed by atoms with Crippen molar-refractivity contribution in [2.45, 2.75) is 39.2 Å². The fourth-order valence-corrected chi connectivity index (χ4v) is 3.84. The molecule has 0 spiro atoms. The van der Waals surface area contributed by atoms with Gasteiger partial charge in [0.1, 0.15) is 6.10 Å². The third-order valence-electron chi connectivity index (χ3n) is 5.57. The van der Waals surface area contributed by atoms with Crippen molar-refractivity contribution in [1.82, 2.24) is 24.9 Å². The third kappa shape index (κ3) is 6.88. The van der Waals surface area contributed by atoms with Crippen molar-refractivity contribution in [1.29, 1.82) is 0 Å². The van der Waals surface area contributed by atoms with Crippen molar-refractivity contribution in [2.75, 3.05) is 52.4 Å². The number of guanidine groups is 1. The van der Waals surface area contributed by atoms with Crippen molar-refractivity contribution in [3.8, 4) is 0 Å². The number of morpholine rings is 1. The van der Waals surface area contributed by atoms with Crippen LogP contribution in [0.4, 0.5) is 0 Å². The van der Waals surface area contributed by atoms with Gasteiger partial charge in [-0.3, -0.25) is 9.67 Å². The minimum Gasteiger partial charge on any atom is -0.370 e. The van der Waals surface area contributed by atoms with Crippen LogP contribution in [0.2, 0.25) is 0 Å². The molecule has 2 fully saturated rings. The summed E-state index contributed by atoms with van der Waals surface area (Å²) in [4.78, 5) is 9.82.